The minimum Gasteiger partial charge on any atom is -0.434 e. The van der Waals surface area contributed by atoms with Gasteiger partial charge in [-0.25, -0.2) is 14.6 Å². The molecule has 3 heterocycles. The number of aliphatic hydroxyl groups is 1. The van der Waals surface area contributed by atoms with Gasteiger partial charge in [0, 0.05) is 30.1 Å². The van der Waals surface area contributed by atoms with Crippen molar-refractivity contribution in [2.45, 2.75) is 45.1 Å². The van der Waals surface area contributed by atoms with Crippen LogP contribution in [0, 0.1) is 0 Å². The van der Waals surface area contributed by atoms with E-state index >= 15 is 0 Å². The van der Waals surface area contributed by atoms with E-state index in [1.807, 2.05) is 16.8 Å². The Morgan fingerprint density at radius 3 is 2.55 bits per heavy atom. The Morgan fingerprint density at radius 2 is 1.85 bits per heavy atom. The second-order valence-corrected chi connectivity index (χ2v) is 8.58. The Bertz CT molecular complexity index is 1390. The third-order valence-electron chi connectivity index (χ3n) is 5.91. The van der Waals surface area contributed by atoms with E-state index in [-0.39, 0.29) is 17.4 Å². The first-order chi connectivity index (χ1) is 15.7. The molecule has 5 rings (SSSR count). The number of fused-ring (bicyclic) bond motifs is 3. The summed E-state index contributed by atoms with van der Waals surface area (Å²) in [6.07, 6.45) is 3.84. The van der Waals surface area contributed by atoms with E-state index in [9.17, 15) is 18.7 Å². The van der Waals surface area contributed by atoms with E-state index < -0.39 is 12.2 Å². The second-order valence-electron chi connectivity index (χ2n) is 8.58. The molecule has 9 heteroatoms. The van der Waals surface area contributed by atoms with Gasteiger partial charge in [0.05, 0.1) is 16.9 Å². The maximum Gasteiger partial charge on any atom is 0.387 e. The summed E-state index contributed by atoms with van der Waals surface area (Å²) in [7, 11) is 0. The van der Waals surface area contributed by atoms with Crippen molar-refractivity contribution in [3.05, 3.63) is 76.6 Å². The van der Waals surface area contributed by atoms with Gasteiger partial charge in [-0.3, -0.25) is 9.48 Å². The molecular weight excluding hydrogens is 430 g/mol. The molecule has 0 saturated heterocycles. The monoisotopic (exact) mass is 452 g/mol. The molecule has 0 radical (unpaired) electrons. The standard InChI is InChI=1S/C24H22F2N4O3/c1-24(2,32)22-27-12-15(13-28-22)14-7-8-17-19(11-14)30-18(9-10-29(30)21(17)31)16-5-3-4-6-20(16)33-23(25)26/h3-8,11-13,18,23,32H,9-10H2,1-2H3. The minimum atomic E-state index is -2.94. The molecule has 0 amide bonds. The Morgan fingerprint density at radius 1 is 1.12 bits per heavy atom. The van der Waals surface area contributed by atoms with Gasteiger partial charge in [0.15, 0.2) is 5.82 Å². The number of nitrogens with zero attached hydrogens (tertiary/aromatic N) is 4. The lowest BCUT2D eigenvalue weighted by molar-refractivity contribution is -0.0507. The summed E-state index contributed by atoms with van der Waals surface area (Å²) in [5.41, 5.74) is 1.55. The maximum atomic E-state index is 13.0. The van der Waals surface area contributed by atoms with Gasteiger partial charge in [0.25, 0.3) is 5.56 Å². The molecule has 0 bridgehead atoms. The highest BCUT2D eigenvalue weighted by atomic mass is 19.3. The van der Waals surface area contributed by atoms with Crippen molar-refractivity contribution in [1.82, 2.24) is 19.3 Å². The van der Waals surface area contributed by atoms with E-state index in [4.69, 9.17) is 4.74 Å². The zero-order valence-corrected chi connectivity index (χ0v) is 18.1. The molecule has 1 N–H and O–H groups in total. The number of benzene rings is 2. The molecule has 0 spiro atoms. The molecule has 1 unspecified atom stereocenters. The first kappa shape index (κ1) is 21.3. The lowest BCUT2D eigenvalue weighted by atomic mass is 10.0. The molecule has 0 saturated carbocycles. The van der Waals surface area contributed by atoms with Crippen LogP contribution < -0.4 is 10.3 Å². The molecule has 33 heavy (non-hydrogen) atoms. The maximum absolute atomic E-state index is 13.0. The Labute approximate surface area is 187 Å². The fourth-order valence-corrected chi connectivity index (χ4v) is 4.40. The summed E-state index contributed by atoms with van der Waals surface area (Å²) in [5, 5.41) is 10.6. The second kappa shape index (κ2) is 7.77. The van der Waals surface area contributed by atoms with E-state index in [0.717, 1.165) is 11.1 Å². The van der Waals surface area contributed by atoms with Crippen molar-refractivity contribution in [2.75, 3.05) is 0 Å². The number of aromatic nitrogens is 4. The number of para-hydroxylation sites is 1. The topological polar surface area (TPSA) is 82.2 Å². The van der Waals surface area contributed by atoms with Crippen LogP contribution in [0.2, 0.25) is 0 Å². The van der Waals surface area contributed by atoms with Crippen LogP contribution in [0.25, 0.3) is 22.0 Å². The van der Waals surface area contributed by atoms with Crippen LogP contribution in [0.1, 0.15) is 37.7 Å². The zero-order chi connectivity index (χ0) is 23.3. The quantitative estimate of drug-likeness (QED) is 0.493. The van der Waals surface area contributed by atoms with Crippen LogP contribution in [-0.2, 0) is 12.1 Å². The zero-order valence-electron chi connectivity index (χ0n) is 18.1. The largest absolute Gasteiger partial charge is 0.434 e. The first-order valence-electron chi connectivity index (χ1n) is 10.6. The number of halogens is 2. The summed E-state index contributed by atoms with van der Waals surface area (Å²) in [4.78, 5) is 21.5. The molecule has 1 atom stereocenters. The predicted octanol–water partition coefficient (Wildman–Crippen LogP) is 4.08. The van der Waals surface area contributed by atoms with Gasteiger partial charge in [-0.2, -0.15) is 8.78 Å². The van der Waals surface area contributed by atoms with Gasteiger partial charge < -0.3 is 9.84 Å². The van der Waals surface area contributed by atoms with Gasteiger partial charge in [-0.15, -0.1) is 0 Å². The number of ether oxygens (including phenoxy) is 1. The van der Waals surface area contributed by atoms with Crippen molar-refractivity contribution in [3.8, 4) is 16.9 Å². The van der Waals surface area contributed by atoms with Gasteiger partial charge in [0.1, 0.15) is 11.4 Å². The van der Waals surface area contributed by atoms with Crippen LogP contribution in [0.5, 0.6) is 5.75 Å². The molecule has 2 aromatic carbocycles. The highest BCUT2D eigenvalue weighted by Gasteiger charge is 2.30. The molecule has 0 fully saturated rings. The van der Waals surface area contributed by atoms with Gasteiger partial charge in [0.2, 0.25) is 0 Å². The molecule has 4 aromatic rings. The third-order valence-corrected chi connectivity index (χ3v) is 5.91. The summed E-state index contributed by atoms with van der Waals surface area (Å²) in [5.74, 6) is 0.413. The minimum absolute atomic E-state index is 0.104. The summed E-state index contributed by atoms with van der Waals surface area (Å²) >= 11 is 0. The highest BCUT2D eigenvalue weighted by molar-refractivity contribution is 5.84. The smallest absolute Gasteiger partial charge is 0.387 e. The van der Waals surface area contributed by atoms with E-state index in [2.05, 4.69) is 9.97 Å². The van der Waals surface area contributed by atoms with Crippen molar-refractivity contribution >= 4 is 10.9 Å². The molecule has 170 valence electrons. The number of rotatable bonds is 5. The van der Waals surface area contributed by atoms with Crippen molar-refractivity contribution in [2.24, 2.45) is 0 Å². The molecule has 1 aliphatic rings. The molecule has 2 aromatic heterocycles. The van der Waals surface area contributed by atoms with Crippen LogP contribution in [0.15, 0.2) is 59.7 Å². The van der Waals surface area contributed by atoms with Crippen molar-refractivity contribution in [3.63, 3.8) is 0 Å². The third kappa shape index (κ3) is 3.68. The van der Waals surface area contributed by atoms with Crippen molar-refractivity contribution in [1.29, 1.82) is 0 Å². The number of hydrogen-bond acceptors (Lipinski definition) is 5. The van der Waals surface area contributed by atoms with Crippen LogP contribution in [-0.4, -0.2) is 31.0 Å². The van der Waals surface area contributed by atoms with E-state index in [1.165, 1.54) is 6.07 Å². The molecular formula is C24H22F2N4O3. The first-order valence-corrected chi connectivity index (χ1v) is 10.6. The summed E-state index contributed by atoms with van der Waals surface area (Å²) in [6, 6.07) is 11.8. The molecule has 1 aliphatic heterocycles. The lowest BCUT2D eigenvalue weighted by Gasteiger charge is -2.18. The van der Waals surface area contributed by atoms with E-state index in [1.54, 1.807) is 55.2 Å². The molecule has 7 nitrogen and oxygen atoms in total. The van der Waals surface area contributed by atoms with Crippen LogP contribution in [0.3, 0.4) is 0 Å². The fraction of sp³-hybridized carbons (Fsp3) is 0.292. The van der Waals surface area contributed by atoms with Gasteiger partial charge in [-0.05, 0) is 44.0 Å². The lowest BCUT2D eigenvalue weighted by Crippen LogP contribution is -2.19. The average Bonchev–Trinajstić information content (AvgIpc) is 3.33. The highest BCUT2D eigenvalue weighted by Crippen LogP contribution is 2.37. The van der Waals surface area contributed by atoms with Gasteiger partial charge in [-0.1, -0.05) is 24.3 Å². The summed E-state index contributed by atoms with van der Waals surface area (Å²) in [6.45, 7) is 0.760. The van der Waals surface area contributed by atoms with Crippen molar-refractivity contribution < 1.29 is 18.6 Å². The van der Waals surface area contributed by atoms with Gasteiger partial charge >= 0.3 is 6.61 Å². The number of hydrogen-bond donors (Lipinski definition) is 1. The Kier molecular flexibility index (Phi) is 5.01. The number of alkyl halides is 2. The summed E-state index contributed by atoms with van der Waals surface area (Å²) < 4.78 is 34.2. The van der Waals surface area contributed by atoms with E-state index in [0.29, 0.717) is 35.3 Å². The Balaban J connectivity index is 1.62. The fourth-order valence-electron chi connectivity index (χ4n) is 4.40. The van der Waals surface area contributed by atoms with Crippen LogP contribution >= 0.6 is 0 Å². The Hall–Kier alpha value is -3.59. The molecule has 0 aliphatic carbocycles. The average molecular weight is 452 g/mol. The van der Waals surface area contributed by atoms with Crippen LogP contribution in [0.4, 0.5) is 8.78 Å². The SMILES string of the molecule is CC(C)(O)c1ncc(-c2ccc3c(=O)n4n(c3c2)C(c2ccccc2OC(F)F)CC4)cn1. The predicted molar refractivity (Wildman–Crippen MR) is 118 cm³/mol. The normalized spacial score (nSPS) is 15.9.